The zero-order chi connectivity index (χ0) is 14.0. The molecule has 0 bridgehead atoms. The van der Waals surface area contributed by atoms with E-state index in [1.54, 1.807) is 18.0 Å². The van der Waals surface area contributed by atoms with Crippen molar-refractivity contribution in [1.82, 2.24) is 4.90 Å². The Morgan fingerprint density at radius 1 is 1.37 bits per heavy atom. The van der Waals surface area contributed by atoms with Gasteiger partial charge in [-0.3, -0.25) is 4.79 Å². The summed E-state index contributed by atoms with van der Waals surface area (Å²) in [6.07, 6.45) is 0. The number of nitrogens with zero attached hydrogens (tertiary/aromatic N) is 1. The Balaban J connectivity index is 2.14. The Labute approximate surface area is 121 Å². The molecule has 5 heteroatoms. The van der Waals surface area contributed by atoms with Crippen LogP contribution in [0, 0.1) is 6.92 Å². The van der Waals surface area contributed by atoms with Gasteiger partial charge in [0.25, 0.3) is 5.91 Å². The number of carbonyl (C=O) groups excluding carboxylic acids is 1. The topological polar surface area (TPSA) is 46.3 Å². The van der Waals surface area contributed by atoms with Gasteiger partial charge >= 0.3 is 0 Å². The molecule has 2 aromatic rings. The van der Waals surface area contributed by atoms with Gasteiger partial charge in [-0.25, -0.2) is 0 Å². The van der Waals surface area contributed by atoms with Crippen molar-refractivity contribution < 1.29 is 4.79 Å². The van der Waals surface area contributed by atoms with Crippen LogP contribution >= 0.6 is 22.9 Å². The highest BCUT2D eigenvalue weighted by Crippen LogP contribution is 2.23. The Morgan fingerprint density at radius 3 is 2.68 bits per heavy atom. The van der Waals surface area contributed by atoms with E-state index in [0.29, 0.717) is 17.8 Å². The lowest BCUT2D eigenvalue weighted by Gasteiger charge is -2.16. The van der Waals surface area contributed by atoms with Crippen LogP contribution in [0.5, 0.6) is 0 Å². The van der Waals surface area contributed by atoms with E-state index in [-0.39, 0.29) is 5.91 Å². The quantitative estimate of drug-likeness (QED) is 0.880. The number of hydrogen-bond acceptors (Lipinski definition) is 3. The number of halogens is 1. The lowest BCUT2D eigenvalue weighted by Crippen LogP contribution is -2.25. The minimum Gasteiger partial charge on any atom is -0.399 e. The van der Waals surface area contributed by atoms with Crippen molar-refractivity contribution in [3.8, 4) is 0 Å². The molecule has 0 fully saturated rings. The first-order chi connectivity index (χ1) is 8.95. The number of aryl methyl sites for hydroxylation is 1. The van der Waals surface area contributed by atoms with Gasteiger partial charge in [0.05, 0.1) is 10.9 Å². The maximum absolute atomic E-state index is 12.3. The Morgan fingerprint density at radius 2 is 2.11 bits per heavy atom. The second-order valence-corrected chi connectivity index (χ2v) is 6.30. The average Bonchev–Trinajstić information content (AvgIpc) is 2.72. The van der Waals surface area contributed by atoms with Crippen molar-refractivity contribution in [2.45, 2.75) is 13.5 Å². The van der Waals surface area contributed by atoms with Crippen LogP contribution in [0.4, 0.5) is 5.69 Å². The second-order valence-electron chi connectivity index (χ2n) is 4.50. The van der Waals surface area contributed by atoms with Crippen molar-refractivity contribution in [3.63, 3.8) is 0 Å². The molecule has 0 atom stereocenters. The number of amides is 1. The molecular weight excluding hydrogens is 280 g/mol. The summed E-state index contributed by atoms with van der Waals surface area (Å²) >= 11 is 7.36. The summed E-state index contributed by atoms with van der Waals surface area (Å²) in [5.74, 6) is -0.0417. The fourth-order valence-electron chi connectivity index (χ4n) is 1.90. The smallest absolute Gasteiger partial charge is 0.254 e. The van der Waals surface area contributed by atoms with E-state index in [2.05, 4.69) is 0 Å². The molecule has 19 heavy (non-hydrogen) atoms. The molecule has 0 radical (unpaired) electrons. The third-order valence-corrected chi connectivity index (χ3v) is 3.93. The van der Waals surface area contributed by atoms with Crippen molar-refractivity contribution in [1.29, 1.82) is 0 Å². The van der Waals surface area contributed by atoms with Gasteiger partial charge in [0.2, 0.25) is 0 Å². The average molecular weight is 295 g/mol. The van der Waals surface area contributed by atoms with Gasteiger partial charge in [-0.05, 0) is 42.8 Å². The molecule has 0 unspecified atom stereocenters. The maximum atomic E-state index is 12.3. The molecule has 1 aromatic heterocycles. The van der Waals surface area contributed by atoms with Crippen LogP contribution in [-0.2, 0) is 6.54 Å². The summed E-state index contributed by atoms with van der Waals surface area (Å²) in [5.41, 5.74) is 7.97. The summed E-state index contributed by atoms with van der Waals surface area (Å²) < 4.78 is 0.732. The van der Waals surface area contributed by atoms with Gasteiger partial charge in [-0.1, -0.05) is 11.6 Å². The normalized spacial score (nSPS) is 10.5. The first-order valence-electron chi connectivity index (χ1n) is 5.82. The van der Waals surface area contributed by atoms with E-state index in [9.17, 15) is 4.79 Å². The summed E-state index contributed by atoms with van der Waals surface area (Å²) in [6, 6.07) is 9.16. The van der Waals surface area contributed by atoms with Gasteiger partial charge in [-0.2, -0.15) is 0 Å². The third kappa shape index (κ3) is 3.49. The highest BCUT2D eigenvalue weighted by molar-refractivity contribution is 7.16. The number of anilines is 1. The third-order valence-electron chi connectivity index (χ3n) is 2.72. The van der Waals surface area contributed by atoms with Crippen molar-refractivity contribution in [3.05, 3.63) is 50.7 Å². The van der Waals surface area contributed by atoms with Gasteiger partial charge in [-0.15, -0.1) is 11.3 Å². The Kier molecular flexibility index (Phi) is 4.12. The molecular formula is C14H15ClN2OS. The lowest BCUT2D eigenvalue weighted by atomic mass is 10.1. The summed E-state index contributed by atoms with van der Waals surface area (Å²) in [7, 11) is 1.77. The minimum absolute atomic E-state index is 0.0417. The molecule has 0 aliphatic carbocycles. The monoisotopic (exact) mass is 294 g/mol. The van der Waals surface area contributed by atoms with E-state index < -0.39 is 0 Å². The molecule has 3 nitrogen and oxygen atoms in total. The molecule has 1 amide bonds. The zero-order valence-electron chi connectivity index (χ0n) is 10.8. The maximum Gasteiger partial charge on any atom is 0.254 e. The lowest BCUT2D eigenvalue weighted by molar-refractivity contribution is 0.0786. The van der Waals surface area contributed by atoms with Crippen LogP contribution in [0.15, 0.2) is 30.3 Å². The van der Waals surface area contributed by atoms with Crippen molar-refractivity contribution in [2.24, 2.45) is 0 Å². The molecule has 1 aromatic carbocycles. The standard InChI is InChI=1S/C14H15ClN2OS/c1-9-5-10(7-11(16)6-9)14(18)17(2)8-12-3-4-13(15)19-12/h3-7H,8,16H2,1-2H3. The van der Waals surface area contributed by atoms with Gasteiger partial charge in [0.15, 0.2) is 0 Å². The number of nitrogen functional groups attached to an aromatic ring is 1. The second kappa shape index (κ2) is 5.63. The molecule has 1 heterocycles. The summed E-state index contributed by atoms with van der Waals surface area (Å²) in [4.78, 5) is 15.0. The summed E-state index contributed by atoms with van der Waals surface area (Å²) in [6.45, 7) is 2.47. The Bertz CT molecular complexity index is 589. The fraction of sp³-hybridized carbons (Fsp3) is 0.214. The Hall–Kier alpha value is -1.52. The number of rotatable bonds is 3. The van der Waals surface area contributed by atoms with Crippen LogP contribution in [0.25, 0.3) is 0 Å². The molecule has 0 saturated heterocycles. The molecule has 2 rings (SSSR count). The first-order valence-corrected chi connectivity index (χ1v) is 7.02. The fourth-order valence-corrected chi connectivity index (χ4v) is 3.04. The highest BCUT2D eigenvalue weighted by atomic mass is 35.5. The van der Waals surface area contributed by atoms with E-state index >= 15 is 0 Å². The van der Waals surface area contributed by atoms with Crippen LogP contribution in [0.1, 0.15) is 20.8 Å². The van der Waals surface area contributed by atoms with E-state index in [4.69, 9.17) is 17.3 Å². The number of nitrogens with two attached hydrogens (primary N) is 1. The molecule has 0 aliphatic rings. The predicted molar refractivity (Wildman–Crippen MR) is 80.7 cm³/mol. The molecule has 2 N–H and O–H groups in total. The van der Waals surface area contributed by atoms with Crippen LogP contribution in [0.3, 0.4) is 0 Å². The molecule has 100 valence electrons. The zero-order valence-corrected chi connectivity index (χ0v) is 12.4. The van der Waals surface area contributed by atoms with Crippen molar-refractivity contribution in [2.75, 3.05) is 12.8 Å². The number of benzene rings is 1. The minimum atomic E-state index is -0.0417. The van der Waals surface area contributed by atoms with Crippen LogP contribution in [0.2, 0.25) is 4.34 Å². The SMILES string of the molecule is Cc1cc(N)cc(C(=O)N(C)Cc2ccc(Cl)s2)c1. The van der Waals surface area contributed by atoms with E-state index in [1.165, 1.54) is 11.3 Å². The first kappa shape index (κ1) is 13.9. The van der Waals surface area contributed by atoms with E-state index in [0.717, 1.165) is 14.8 Å². The predicted octanol–water partition coefficient (Wildman–Crippen LogP) is 3.56. The molecule has 0 spiro atoms. The largest absolute Gasteiger partial charge is 0.399 e. The number of hydrogen-bond donors (Lipinski definition) is 1. The van der Waals surface area contributed by atoms with Gasteiger partial charge in [0, 0.05) is 23.2 Å². The highest BCUT2D eigenvalue weighted by Gasteiger charge is 2.13. The van der Waals surface area contributed by atoms with E-state index in [1.807, 2.05) is 31.2 Å². The van der Waals surface area contributed by atoms with Crippen LogP contribution in [-0.4, -0.2) is 17.9 Å². The molecule has 0 saturated carbocycles. The van der Waals surface area contributed by atoms with Gasteiger partial charge < -0.3 is 10.6 Å². The number of carbonyl (C=O) groups is 1. The van der Waals surface area contributed by atoms with Crippen LogP contribution < -0.4 is 5.73 Å². The van der Waals surface area contributed by atoms with Gasteiger partial charge in [0.1, 0.15) is 0 Å². The molecule has 0 aliphatic heterocycles. The number of thiophene rings is 1. The summed E-state index contributed by atoms with van der Waals surface area (Å²) in [5, 5.41) is 0. The van der Waals surface area contributed by atoms with Crippen molar-refractivity contribution >= 4 is 34.5 Å².